The molecule has 0 aliphatic rings. The van der Waals surface area contributed by atoms with Gasteiger partial charge in [-0.25, -0.2) is 4.68 Å². The number of aromatic nitrogens is 1. The summed E-state index contributed by atoms with van der Waals surface area (Å²) < 4.78 is 1.87. The van der Waals surface area contributed by atoms with Gasteiger partial charge < -0.3 is 0 Å². The van der Waals surface area contributed by atoms with E-state index in [1.54, 1.807) is 23.5 Å². The van der Waals surface area contributed by atoms with Crippen LogP contribution in [-0.4, -0.2) is 21.4 Å². The highest BCUT2D eigenvalue weighted by Crippen LogP contribution is 2.23. The van der Waals surface area contributed by atoms with Gasteiger partial charge >= 0.3 is 0 Å². The topological polar surface area (TPSA) is 72.8 Å². The van der Waals surface area contributed by atoms with Gasteiger partial charge in [-0.2, -0.15) is 5.10 Å². The van der Waals surface area contributed by atoms with E-state index < -0.39 is 4.92 Å². The summed E-state index contributed by atoms with van der Waals surface area (Å²) in [6, 6.07) is 12.9. The molecule has 3 aromatic rings. The van der Waals surface area contributed by atoms with E-state index in [0.717, 1.165) is 27.3 Å². The Morgan fingerprint density at radius 1 is 1.10 bits per heavy atom. The number of non-ortho nitro benzene ring substituents is 1. The van der Waals surface area contributed by atoms with E-state index in [1.807, 2.05) is 25.4 Å². The molecule has 29 heavy (non-hydrogen) atoms. The smallest absolute Gasteiger partial charge is 0.258 e. The molecule has 1 heterocycles. The number of nitro groups is 1. The Morgan fingerprint density at radius 2 is 1.79 bits per heavy atom. The van der Waals surface area contributed by atoms with E-state index in [4.69, 9.17) is 10.1 Å². The standard InChI is InChI=1S/C22H24N4O2S/c1-14(2)23-22-25(21(13-29-22)19-7-6-15(3)16(4)12-19)24-17(5)18-8-10-20(11-9-18)26(27)28/h6-14H,1-5H3. The molecule has 0 N–H and O–H groups in total. The number of hydrogen-bond acceptors (Lipinski definition) is 5. The largest absolute Gasteiger partial charge is 0.269 e. The zero-order valence-electron chi connectivity index (χ0n) is 17.2. The molecule has 3 rings (SSSR count). The van der Waals surface area contributed by atoms with E-state index in [2.05, 4.69) is 37.4 Å². The van der Waals surface area contributed by atoms with Crippen molar-refractivity contribution in [2.75, 3.05) is 0 Å². The minimum atomic E-state index is -0.401. The van der Waals surface area contributed by atoms with Gasteiger partial charge in [-0.1, -0.05) is 12.1 Å². The molecule has 7 heteroatoms. The molecule has 150 valence electrons. The fourth-order valence-corrected chi connectivity index (χ4v) is 3.80. The van der Waals surface area contributed by atoms with Gasteiger partial charge in [0.15, 0.2) is 0 Å². The summed E-state index contributed by atoms with van der Waals surface area (Å²) in [6.45, 7) is 10.2. The Kier molecular flexibility index (Phi) is 6.08. The Labute approximate surface area is 174 Å². The van der Waals surface area contributed by atoms with Crippen molar-refractivity contribution in [3.8, 4) is 11.3 Å². The number of benzene rings is 2. The number of thiazole rings is 1. The molecule has 0 fully saturated rings. The van der Waals surface area contributed by atoms with Crippen molar-refractivity contribution < 1.29 is 4.92 Å². The van der Waals surface area contributed by atoms with E-state index in [1.165, 1.54) is 23.3 Å². The van der Waals surface area contributed by atoms with Crippen molar-refractivity contribution >= 4 is 22.7 Å². The lowest BCUT2D eigenvalue weighted by Gasteiger charge is -2.08. The lowest BCUT2D eigenvalue weighted by molar-refractivity contribution is -0.384. The first-order chi connectivity index (χ1) is 13.8. The summed E-state index contributed by atoms with van der Waals surface area (Å²) in [7, 11) is 0. The van der Waals surface area contributed by atoms with Gasteiger partial charge in [-0.05, 0) is 69.5 Å². The van der Waals surface area contributed by atoms with Crippen LogP contribution in [0.2, 0.25) is 0 Å². The van der Waals surface area contributed by atoms with Gasteiger partial charge in [0.2, 0.25) is 4.80 Å². The zero-order valence-corrected chi connectivity index (χ0v) is 18.0. The molecule has 0 saturated heterocycles. The highest BCUT2D eigenvalue weighted by molar-refractivity contribution is 7.07. The maximum absolute atomic E-state index is 10.9. The number of aryl methyl sites for hydroxylation is 2. The number of nitrogens with zero attached hydrogens (tertiary/aromatic N) is 4. The molecule has 2 aromatic carbocycles. The summed E-state index contributed by atoms with van der Waals surface area (Å²) in [6.07, 6.45) is 0. The molecule has 0 radical (unpaired) electrons. The highest BCUT2D eigenvalue weighted by atomic mass is 32.1. The molecule has 0 aliphatic heterocycles. The molecule has 0 bridgehead atoms. The Balaban J connectivity index is 2.13. The zero-order chi connectivity index (χ0) is 21.1. The van der Waals surface area contributed by atoms with Crippen molar-refractivity contribution in [1.82, 2.24) is 4.68 Å². The maximum Gasteiger partial charge on any atom is 0.269 e. The van der Waals surface area contributed by atoms with Crippen LogP contribution in [0.15, 0.2) is 57.9 Å². The predicted octanol–water partition coefficient (Wildman–Crippen LogP) is 5.32. The average molecular weight is 409 g/mol. The summed E-state index contributed by atoms with van der Waals surface area (Å²) in [5.74, 6) is 0. The monoisotopic (exact) mass is 408 g/mol. The average Bonchev–Trinajstić information content (AvgIpc) is 3.05. The van der Waals surface area contributed by atoms with Crippen LogP contribution in [0.25, 0.3) is 11.3 Å². The first-order valence-corrected chi connectivity index (χ1v) is 10.3. The minimum Gasteiger partial charge on any atom is -0.258 e. The van der Waals surface area contributed by atoms with Gasteiger partial charge in [-0.3, -0.25) is 15.1 Å². The Morgan fingerprint density at radius 3 is 2.38 bits per heavy atom. The van der Waals surface area contributed by atoms with Crippen molar-refractivity contribution in [1.29, 1.82) is 0 Å². The van der Waals surface area contributed by atoms with E-state index in [9.17, 15) is 10.1 Å². The molecule has 0 unspecified atom stereocenters. The first kappa shape index (κ1) is 20.7. The van der Waals surface area contributed by atoms with E-state index >= 15 is 0 Å². The molecular weight excluding hydrogens is 384 g/mol. The maximum atomic E-state index is 10.9. The lowest BCUT2D eigenvalue weighted by atomic mass is 10.1. The number of hydrogen-bond donors (Lipinski definition) is 0. The highest BCUT2D eigenvalue weighted by Gasteiger charge is 2.11. The van der Waals surface area contributed by atoms with Crippen LogP contribution < -0.4 is 4.80 Å². The van der Waals surface area contributed by atoms with E-state index in [-0.39, 0.29) is 11.7 Å². The first-order valence-electron chi connectivity index (χ1n) is 9.38. The van der Waals surface area contributed by atoms with Gasteiger partial charge in [0.05, 0.1) is 16.3 Å². The molecule has 0 atom stereocenters. The van der Waals surface area contributed by atoms with Crippen LogP contribution in [0, 0.1) is 24.0 Å². The summed E-state index contributed by atoms with van der Waals surface area (Å²) in [5.41, 5.74) is 6.17. The molecule has 1 aromatic heterocycles. The lowest BCUT2D eigenvalue weighted by Crippen LogP contribution is -2.16. The Hall–Kier alpha value is -3.06. The molecule has 0 spiro atoms. The van der Waals surface area contributed by atoms with Gasteiger partial charge in [0.1, 0.15) is 0 Å². The van der Waals surface area contributed by atoms with Crippen LogP contribution in [0.1, 0.15) is 37.5 Å². The number of rotatable bonds is 5. The normalized spacial score (nSPS) is 12.6. The summed E-state index contributed by atoms with van der Waals surface area (Å²) in [5, 5.41) is 17.8. The summed E-state index contributed by atoms with van der Waals surface area (Å²) >= 11 is 1.55. The molecule has 6 nitrogen and oxygen atoms in total. The van der Waals surface area contributed by atoms with Crippen molar-refractivity contribution in [3.63, 3.8) is 0 Å². The van der Waals surface area contributed by atoms with Gasteiger partial charge in [0.25, 0.3) is 5.69 Å². The van der Waals surface area contributed by atoms with Crippen molar-refractivity contribution in [2.24, 2.45) is 10.1 Å². The van der Waals surface area contributed by atoms with Crippen LogP contribution in [0.3, 0.4) is 0 Å². The minimum absolute atomic E-state index is 0.0658. The Bertz CT molecular complexity index is 1140. The third-order valence-corrected chi connectivity index (χ3v) is 5.43. The van der Waals surface area contributed by atoms with Crippen LogP contribution in [-0.2, 0) is 0 Å². The van der Waals surface area contributed by atoms with E-state index in [0.29, 0.717) is 0 Å². The fourth-order valence-electron chi connectivity index (χ4n) is 2.84. The van der Waals surface area contributed by atoms with Crippen molar-refractivity contribution in [3.05, 3.63) is 79.5 Å². The molecule has 0 saturated carbocycles. The molecule has 0 amide bonds. The molecule has 0 aliphatic carbocycles. The predicted molar refractivity (Wildman–Crippen MR) is 119 cm³/mol. The molecular formula is C22H24N4O2S. The SMILES string of the molecule is CC(=Nn1c(-c2ccc(C)c(C)c2)csc1=NC(C)C)c1ccc([N+](=O)[O-])cc1. The second-order valence-electron chi connectivity index (χ2n) is 7.23. The van der Waals surface area contributed by atoms with Gasteiger partial charge in [0, 0.05) is 29.1 Å². The van der Waals surface area contributed by atoms with Crippen LogP contribution in [0.4, 0.5) is 5.69 Å². The summed E-state index contributed by atoms with van der Waals surface area (Å²) in [4.78, 5) is 16.0. The van der Waals surface area contributed by atoms with Crippen LogP contribution in [0.5, 0.6) is 0 Å². The van der Waals surface area contributed by atoms with Gasteiger partial charge in [-0.15, -0.1) is 11.3 Å². The van der Waals surface area contributed by atoms with Crippen molar-refractivity contribution in [2.45, 2.75) is 40.7 Å². The third-order valence-electron chi connectivity index (χ3n) is 4.60. The second-order valence-corrected chi connectivity index (χ2v) is 8.06. The number of nitro benzene ring substituents is 1. The quantitative estimate of drug-likeness (QED) is 0.325. The second kappa shape index (κ2) is 8.53. The third kappa shape index (κ3) is 4.68. The van der Waals surface area contributed by atoms with Crippen LogP contribution >= 0.6 is 11.3 Å². The fraction of sp³-hybridized carbons (Fsp3) is 0.273.